The Bertz CT molecular complexity index is 1440. The molecule has 0 heterocycles. The first-order valence-corrected chi connectivity index (χ1v) is 14.9. The number of halogens is 3. The lowest BCUT2D eigenvalue weighted by Gasteiger charge is -2.32. The summed E-state index contributed by atoms with van der Waals surface area (Å²) in [6.07, 6.45) is 0.715. The highest BCUT2D eigenvalue weighted by molar-refractivity contribution is 7.92. The summed E-state index contributed by atoms with van der Waals surface area (Å²) >= 11 is 18.8. The number of hydrogen-bond donors (Lipinski definition) is 1. The van der Waals surface area contributed by atoms with Crippen LogP contribution in [0.1, 0.15) is 31.4 Å². The number of nitrogens with zero attached hydrogens (tertiary/aromatic N) is 2. The Morgan fingerprint density at radius 2 is 1.64 bits per heavy atom. The van der Waals surface area contributed by atoms with Crippen molar-refractivity contribution >= 4 is 62.3 Å². The lowest BCUT2D eigenvalue weighted by molar-refractivity contribution is -0.139. The smallest absolute Gasteiger partial charge is 0.264 e. The summed E-state index contributed by atoms with van der Waals surface area (Å²) < 4.78 is 28.6. The average Bonchev–Trinajstić information content (AvgIpc) is 2.91. The van der Waals surface area contributed by atoms with Crippen molar-refractivity contribution in [2.75, 3.05) is 17.4 Å². The molecule has 0 aromatic heterocycles. The van der Waals surface area contributed by atoms with E-state index >= 15 is 0 Å². The summed E-state index contributed by atoms with van der Waals surface area (Å²) in [5, 5.41) is 3.89. The monoisotopic (exact) mass is 609 g/mol. The van der Waals surface area contributed by atoms with Crippen LogP contribution < -0.4 is 9.62 Å². The fourth-order valence-corrected chi connectivity index (χ4v) is 5.87. The molecule has 1 N–H and O–H groups in total. The molecule has 0 aliphatic heterocycles. The Balaban J connectivity index is 2.05. The Morgan fingerprint density at radius 1 is 0.949 bits per heavy atom. The van der Waals surface area contributed by atoms with E-state index in [1.165, 1.54) is 23.1 Å². The van der Waals surface area contributed by atoms with Gasteiger partial charge in [-0.15, -0.1) is 0 Å². The van der Waals surface area contributed by atoms with Crippen molar-refractivity contribution in [3.8, 4) is 0 Å². The first-order valence-electron chi connectivity index (χ1n) is 12.3. The normalized spacial score (nSPS) is 12.1. The van der Waals surface area contributed by atoms with Gasteiger partial charge < -0.3 is 10.2 Å². The molecular weight excluding hydrogens is 581 g/mol. The molecule has 3 aromatic rings. The molecule has 0 aliphatic carbocycles. The zero-order valence-electron chi connectivity index (χ0n) is 21.8. The standard InChI is InChI=1S/C28H30Cl3N3O4S/c1-4-14-32-28(36)20(3)33(17-21-11-12-22(29)15-26(21)31)27(35)18-34(23-13-10-19(2)25(30)16-23)39(37,38)24-8-6-5-7-9-24/h5-13,15-16,20H,4,14,17-18H2,1-3H3,(H,32,36). The van der Waals surface area contributed by atoms with E-state index in [-0.39, 0.29) is 23.0 Å². The van der Waals surface area contributed by atoms with Crippen LogP contribution in [-0.4, -0.2) is 44.3 Å². The largest absolute Gasteiger partial charge is 0.354 e. The van der Waals surface area contributed by atoms with E-state index in [2.05, 4.69) is 5.32 Å². The predicted octanol–water partition coefficient (Wildman–Crippen LogP) is 6.09. The maximum Gasteiger partial charge on any atom is 0.264 e. The highest BCUT2D eigenvalue weighted by Crippen LogP contribution is 2.29. The van der Waals surface area contributed by atoms with Gasteiger partial charge >= 0.3 is 0 Å². The summed E-state index contributed by atoms with van der Waals surface area (Å²) in [5.74, 6) is -0.970. The van der Waals surface area contributed by atoms with E-state index in [0.717, 1.165) is 9.87 Å². The molecule has 208 valence electrons. The molecule has 3 rings (SSSR count). The molecule has 0 radical (unpaired) electrons. The van der Waals surface area contributed by atoms with Gasteiger partial charge in [0.05, 0.1) is 10.6 Å². The van der Waals surface area contributed by atoms with Crippen molar-refractivity contribution in [2.45, 2.75) is 44.7 Å². The highest BCUT2D eigenvalue weighted by atomic mass is 35.5. The molecule has 0 bridgehead atoms. The van der Waals surface area contributed by atoms with E-state index in [1.54, 1.807) is 62.4 Å². The van der Waals surface area contributed by atoms with E-state index in [4.69, 9.17) is 34.8 Å². The van der Waals surface area contributed by atoms with Crippen molar-refractivity contribution in [3.63, 3.8) is 0 Å². The maximum absolute atomic E-state index is 13.9. The van der Waals surface area contributed by atoms with Gasteiger partial charge in [0.15, 0.2) is 0 Å². The lowest BCUT2D eigenvalue weighted by Crippen LogP contribution is -2.51. The Morgan fingerprint density at radius 3 is 2.26 bits per heavy atom. The Kier molecular flexibility index (Phi) is 10.7. The Hall–Kier alpha value is -2.78. The van der Waals surface area contributed by atoms with Crippen LogP contribution in [0.5, 0.6) is 0 Å². The Labute approximate surface area is 244 Å². The molecule has 0 aliphatic rings. The van der Waals surface area contributed by atoms with Crippen molar-refractivity contribution in [2.24, 2.45) is 0 Å². The van der Waals surface area contributed by atoms with Crippen molar-refractivity contribution in [1.29, 1.82) is 0 Å². The van der Waals surface area contributed by atoms with E-state index in [1.807, 2.05) is 6.92 Å². The van der Waals surface area contributed by atoms with Crippen molar-refractivity contribution < 1.29 is 18.0 Å². The molecule has 2 amide bonds. The molecule has 0 fully saturated rings. The van der Waals surface area contributed by atoms with Crippen LogP contribution in [0.4, 0.5) is 5.69 Å². The van der Waals surface area contributed by atoms with Crippen molar-refractivity contribution in [1.82, 2.24) is 10.2 Å². The number of sulfonamides is 1. The molecular formula is C28H30Cl3N3O4S. The molecule has 0 saturated carbocycles. The average molecular weight is 611 g/mol. The van der Waals surface area contributed by atoms with Crippen LogP contribution >= 0.6 is 34.8 Å². The summed E-state index contributed by atoms with van der Waals surface area (Å²) in [7, 11) is -4.18. The summed E-state index contributed by atoms with van der Waals surface area (Å²) in [5.41, 5.74) is 1.53. The van der Waals surface area contributed by atoms with Gasteiger partial charge in [0.1, 0.15) is 12.6 Å². The molecule has 39 heavy (non-hydrogen) atoms. The number of hydrogen-bond acceptors (Lipinski definition) is 4. The number of carbonyl (C=O) groups excluding carboxylic acids is 2. The first-order chi connectivity index (χ1) is 18.4. The van der Waals surface area contributed by atoms with Crippen LogP contribution in [-0.2, 0) is 26.2 Å². The topological polar surface area (TPSA) is 86.8 Å². The number of benzene rings is 3. The van der Waals surface area contributed by atoms with Crippen LogP contribution in [0.15, 0.2) is 71.6 Å². The second kappa shape index (κ2) is 13.5. The predicted molar refractivity (Wildman–Crippen MR) is 157 cm³/mol. The molecule has 1 atom stereocenters. The number of nitrogens with one attached hydrogen (secondary N) is 1. The van der Waals surface area contributed by atoms with Gasteiger partial charge in [-0.05, 0) is 67.8 Å². The number of aryl methyl sites for hydroxylation is 1. The zero-order valence-corrected chi connectivity index (χ0v) is 24.9. The zero-order chi connectivity index (χ0) is 28.7. The molecule has 3 aromatic carbocycles. The molecule has 0 spiro atoms. The molecule has 1 unspecified atom stereocenters. The summed E-state index contributed by atoms with van der Waals surface area (Å²) in [4.78, 5) is 28.1. The minimum Gasteiger partial charge on any atom is -0.354 e. The first kappa shape index (κ1) is 30.8. The summed E-state index contributed by atoms with van der Waals surface area (Å²) in [6.45, 7) is 5.12. The fourth-order valence-electron chi connectivity index (χ4n) is 3.80. The lowest BCUT2D eigenvalue weighted by atomic mass is 10.1. The van der Waals surface area contributed by atoms with Gasteiger partial charge in [0, 0.05) is 28.2 Å². The van der Waals surface area contributed by atoms with E-state index < -0.39 is 28.5 Å². The van der Waals surface area contributed by atoms with Gasteiger partial charge in [0.25, 0.3) is 10.0 Å². The van der Waals surface area contributed by atoms with Gasteiger partial charge in [0.2, 0.25) is 11.8 Å². The second-order valence-electron chi connectivity index (χ2n) is 8.98. The summed E-state index contributed by atoms with van der Waals surface area (Å²) in [6, 6.07) is 16.5. The maximum atomic E-state index is 13.9. The van der Waals surface area contributed by atoms with Gasteiger partial charge in [-0.2, -0.15) is 0 Å². The number of amides is 2. The fraction of sp³-hybridized carbons (Fsp3) is 0.286. The van der Waals surface area contributed by atoms with Crippen molar-refractivity contribution in [3.05, 3.63) is 92.9 Å². The van der Waals surface area contributed by atoms with Crippen LogP contribution in [0.25, 0.3) is 0 Å². The van der Waals surface area contributed by atoms with Gasteiger partial charge in [-0.25, -0.2) is 8.42 Å². The van der Waals surface area contributed by atoms with Crippen LogP contribution in [0.3, 0.4) is 0 Å². The SMILES string of the molecule is CCCNC(=O)C(C)N(Cc1ccc(Cl)cc1Cl)C(=O)CN(c1ccc(C)c(Cl)c1)S(=O)(=O)c1ccccc1. The third kappa shape index (κ3) is 7.66. The van der Waals surface area contributed by atoms with E-state index in [9.17, 15) is 18.0 Å². The third-order valence-electron chi connectivity index (χ3n) is 6.13. The number of carbonyl (C=O) groups is 2. The second-order valence-corrected chi connectivity index (χ2v) is 12.1. The van der Waals surface area contributed by atoms with Gasteiger partial charge in [-0.1, -0.05) is 72.1 Å². The number of rotatable bonds is 11. The molecule has 7 nitrogen and oxygen atoms in total. The van der Waals surface area contributed by atoms with Crippen LogP contribution in [0, 0.1) is 6.92 Å². The molecule has 11 heteroatoms. The highest BCUT2D eigenvalue weighted by Gasteiger charge is 2.33. The van der Waals surface area contributed by atoms with E-state index in [0.29, 0.717) is 33.6 Å². The number of anilines is 1. The minimum absolute atomic E-state index is 0.00975. The van der Waals surface area contributed by atoms with Gasteiger partial charge in [-0.3, -0.25) is 13.9 Å². The molecule has 0 saturated heterocycles. The minimum atomic E-state index is -4.18. The van der Waals surface area contributed by atoms with Crippen LogP contribution in [0.2, 0.25) is 15.1 Å². The quantitative estimate of drug-likeness (QED) is 0.285. The third-order valence-corrected chi connectivity index (χ3v) is 8.91.